The van der Waals surface area contributed by atoms with E-state index in [0.717, 1.165) is 68.4 Å². The van der Waals surface area contributed by atoms with E-state index in [-0.39, 0.29) is 49.2 Å². The van der Waals surface area contributed by atoms with Crippen LogP contribution in [0.15, 0.2) is 144 Å². The molecule has 3 aromatic heterocycles. The van der Waals surface area contributed by atoms with Gasteiger partial charge < -0.3 is 47.5 Å². The molecule has 0 saturated carbocycles. The SMILES string of the molecule is CCOP(=O)(COCCn1nc(C(C)C)c(Cc2cc(Cl)cc(Cl)c2)c1C)OCC.CCOP(=O)(COS(=O)(=O)c1ccc(C)cc1)OCC.CP(=O)(CCN)Oc1ccccc1.Cc1c(Cc2cc(Cl)cc(Cl)c2)c(C(C)C)nn1CCO.Cc1c(Cc2cc(Cl)cc(Cl)c2)c(C(C)C)nn1CCOCP(C)(=O)Oc1ccccc1. The Hall–Kier alpha value is -5.20. The molecule has 2 unspecified atom stereocenters. The fraction of sp³-hybridized carbons (Fsp3) is 0.451. The van der Waals surface area contributed by atoms with Gasteiger partial charge in [0.1, 0.15) is 24.2 Å². The van der Waals surface area contributed by atoms with Crippen molar-refractivity contribution in [2.24, 2.45) is 5.73 Å². The Balaban J connectivity index is 0.000000266. The van der Waals surface area contributed by atoms with E-state index < -0.39 is 46.4 Å². The molecule has 0 aliphatic heterocycles. The van der Waals surface area contributed by atoms with Gasteiger partial charge in [-0.1, -0.05) is 165 Å². The summed E-state index contributed by atoms with van der Waals surface area (Å²) in [7, 11) is -16.2. The van der Waals surface area contributed by atoms with E-state index in [1.807, 2.05) is 108 Å². The Labute approximate surface area is 716 Å². The highest BCUT2D eigenvalue weighted by atomic mass is 35.5. The van der Waals surface area contributed by atoms with Crippen molar-refractivity contribution in [3.05, 3.63) is 243 Å². The number of ether oxygens (including phenoxy) is 2. The number of nitrogens with zero attached hydrogens (tertiary/aromatic N) is 6. The van der Waals surface area contributed by atoms with Gasteiger partial charge in [-0.2, -0.15) is 23.7 Å². The molecule has 0 spiro atoms. The minimum Gasteiger partial charge on any atom is -0.443 e. The number of aliphatic hydroxyl groups is 1. The minimum absolute atomic E-state index is 0.00245. The lowest BCUT2D eigenvalue weighted by atomic mass is 9.98. The summed E-state index contributed by atoms with van der Waals surface area (Å²) in [5.41, 5.74) is 19.3. The topological polar surface area (TPSA) is 285 Å². The minimum atomic E-state index is -3.98. The van der Waals surface area contributed by atoms with Crippen LogP contribution in [0.1, 0.15) is 160 Å². The predicted octanol–water partition coefficient (Wildman–Crippen LogP) is 22.7. The van der Waals surface area contributed by atoms with Crippen molar-refractivity contribution in [2.75, 3.05) is 91.3 Å². The second-order valence-electron chi connectivity index (χ2n) is 27.9. The van der Waals surface area contributed by atoms with Crippen LogP contribution < -0.4 is 14.8 Å². The fourth-order valence-electron chi connectivity index (χ4n) is 11.7. The first-order chi connectivity index (χ1) is 54.7. The lowest BCUT2D eigenvalue weighted by Gasteiger charge is -2.17. The molecule has 6 aromatic carbocycles. The summed E-state index contributed by atoms with van der Waals surface area (Å²) in [4.78, 5) is 0.00245. The smallest absolute Gasteiger partial charge is 0.357 e. The molecule has 23 nitrogen and oxygen atoms in total. The number of hydrogen-bond acceptors (Lipinski definition) is 20. The zero-order chi connectivity index (χ0) is 86.1. The van der Waals surface area contributed by atoms with Crippen molar-refractivity contribution in [3.8, 4) is 11.5 Å². The molecule has 3 heterocycles. The third kappa shape index (κ3) is 34.7. The molecule has 0 aliphatic carbocycles. The van der Waals surface area contributed by atoms with E-state index in [4.69, 9.17) is 131 Å². The monoisotopic (exact) mass is 1820 g/mol. The van der Waals surface area contributed by atoms with Crippen LogP contribution >= 0.6 is 99.5 Å². The number of benzene rings is 6. The van der Waals surface area contributed by atoms with Crippen molar-refractivity contribution in [1.29, 1.82) is 0 Å². The number of para-hydroxylation sites is 2. The summed E-state index contributed by atoms with van der Waals surface area (Å²) >= 11 is 36.8. The molecule has 3 N–H and O–H groups in total. The Morgan fingerprint density at radius 1 is 0.448 bits per heavy atom. The van der Waals surface area contributed by atoms with Crippen LogP contribution in [0.4, 0.5) is 0 Å². The van der Waals surface area contributed by atoms with Gasteiger partial charge in [-0.15, -0.1) is 0 Å². The van der Waals surface area contributed by atoms with Gasteiger partial charge in [0.25, 0.3) is 17.5 Å². The summed E-state index contributed by atoms with van der Waals surface area (Å²) in [6.45, 7) is 34.5. The molecule has 0 bridgehead atoms. The molecule has 9 rings (SSSR count). The quantitative estimate of drug-likeness (QED) is 0.0206. The molecule has 34 heteroatoms. The zero-order valence-corrected chi connectivity index (χ0v) is 78.0. The largest absolute Gasteiger partial charge is 0.443 e. The molecule has 0 saturated heterocycles. The lowest BCUT2D eigenvalue weighted by molar-refractivity contribution is 0.124. The molecule has 116 heavy (non-hydrogen) atoms. The van der Waals surface area contributed by atoms with Gasteiger partial charge in [0.15, 0.2) is 6.35 Å². The average molecular weight is 1820 g/mol. The van der Waals surface area contributed by atoms with Crippen molar-refractivity contribution in [2.45, 2.75) is 158 Å². The van der Waals surface area contributed by atoms with Crippen molar-refractivity contribution in [1.82, 2.24) is 29.3 Å². The highest BCUT2D eigenvalue weighted by Gasteiger charge is 2.30. The number of hydrogen-bond donors (Lipinski definition) is 2. The van der Waals surface area contributed by atoms with E-state index in [1.165, 1.54) is 23.3 Å². The second kappa shape index (κ2) is 49.6. The van der Waals surface area contributed by atoms with E-state index in [1.54, 1.807) is 95.6 Å². The molecule has 0 aliphatic rings. The summed E-state index contributed by atoms with van der Waals surface area (Å²) < 4.78 is 126. The van der Waals surface area contributed by atoms with Gasteiger partial charge in [0.2, 0.25) is 7.37 Å². The first-order valence-corrected chi connectivity index (χ1v) is 49.7. The molecule has 0 amide bonds. The van der Waals surface area contributed by atoms with Crippen LogP contribution in [0.3, 0.4) is 0 Å². The third-order valence-corrected chi connectivity index (χ3v) is 26.2. The van der Waals surface area contributed by atoms with Crippen molar-refractivity contribution >= 4 is 110 Å². The maximum atomic E-state index is 12.7. The molecule has 0 fully saturated rings. The number of rotatable bonds is 39. The average Bonchev–Trinajstić information content (AvgIpc) is 1.67. The Morgan fingerprint density at radius 2 is 0.767 bits per heavy atom. The normalized spacial score (nSPS) is 12.7. The lowest BCUT2D eigenvalue weighted by Crippen LogP contribution is -2.11. The summed E-state index contributed by atoms with van der Waals surface area (Å²) in [6, 6.07) is 41.2. The van der Waals surface area contributed by atoms with Crippen LogP contribution in [0.2, 0.25) is 30.1 Å². The number of aryl methyl sites for hydroxylation is 1. The van der Waals surface area contributed by atoms with Gasteiger partial charge in [-0.05, 0) is 181 Å². The molecule has 640 valence electrons. The second-order valence-corrected chi connectivity index (χ2v) is 41.3. The summed E-state index contributed by atoms with van der Waals surface area (Å²) in [5, 5.41) is 27.2. The van der Waals surface area contributed by atoms with Gasteiger partial charge >= 0.3 is 15.2 Å². The molecule has 0 radical (unpaired) electrons. The Bertz CT molecular complexity index is 4770. The van der Waals surface area contributed by atoms with Crippen molar-refractivity contribution < 1.29 is 72.6 Å². The first-order valence-electron chi connectivity index (χ1n) is 38.1. The Kier molecular flexibility index (Phi) is 43.4. The zero-order valence-electron chi connectivity index (χ0n) is 69.0. The molecular weight excluding hydrogens is 1710 g/mol. The number of nitrogens with two attached hydrogens (primary N) is 1. The maximum Gasteiger partial charge on any atom is 0.357 e. The van der Waals surface area contributed by atoms with E-state index in [0.29, 0.717) is 119 Å². The van der Waals surface area contributed by atoms with Crippen LogP contribution in [0, 0.1) is 27.7 Å². The third-order valence-electron chi connectivity index (χ3n) is 17.0. The Morgan fingerprint density at radius 3 is 1.09 bits per heavy atom. The maximum absolute atomic E-state index is 12.7. The van der Waals surface area contributed by atoms with E-state index in [9.17, 15) is 26.7 Å². The molecule has 2 atom stereocenters. The van der Waals surface area contributed by atoms with Gasteiger partial charge in [-0.3, -0.25) is 36.5 Å². The van der Waals surface area contributed by atoms with Gasteiger partial charge in [0.05, 0.1) is 87.9 Å². The molecular formula is C82H113Cl6N7O16P4S. The summed E-state index contributed by atoms with van der Waals surface area (Å²) in [6.07, 6.45) is 1.91. The van der Waals surface area contributed by atoms with E-state index >= 15 is 0 Å². The van der Waals surface area contributed by atoms with Crippen LogP contribution in [-0.2, 0) is 99.0 Å². The number of aliphatic hydroxyl groups excluding tert-OH is 1. The standard InChI is InChI=1S/C24H29Cl2N2O3P.C21H31Cl2N2O4P.C16H20Cl2N2O.C12H19O6PS.C9H14NO2P/c1-17(2)24-23(14-19-12-20(25)15-21(26)13-19)18(3)28(27-24)10-11-30-16-32(4,29)31-22-8-6-5-7-9-22;1-6-28-30(26,29-7-2)14-27-9-8-25-16(5)20(21(24-25)15(3)4)12-17-10-18(22)13-19(23)11-17;1-10(2)16-15(11(3)20(19-16)4-5-21)8-12-6-13(17)9-14(18)7-12;1-4-16-19(13,17-5-2)10-18-20(14,15)12-8-6-11(3)7-9-12;1-13(11,8-7-10)12-9-5-3-2-4-6-9/h5-9,12-13,15,17H,10-11,14,16H2,1-4H3;10-11,13,15H,6-9,12,14H2,1-5H3;6-7,9-10,21H,4-5,8H2,1-3H3;6-9H,4-5,10H2,1-3H3;2-6H,7-8,10H2,1H3. The number of aromatic nitrogens is 6. The van der Waals surface area contributed by atoms with Crippen LogP contribution in [0.5, 0.6) is 11.5 Å². The van der Waals surface area contributed by atoms with Crippen molar-refractivity contribution in [3.63, 3.8) is 0 Å². The number of halogens is 6. The fourth-order valence-corrected chi connectivity index (χ4v) is 19.7. The van der Waals surface area contributed by atoms with Crippen LogP contribution in [0.25, 0.3) is 0 Å². The predicted molar refractivity (Wildman–Crippen MR) is 471 cm³/mol. The van der Waals surface area contributed by atoms with Gasteiger partial charge in [0, 0.05) is 109 Å². The highest BCUT2D eigenvalue weighted by molar-refractivity contribution is 7.87. The highest BCUT2D eigenvalue weighted by Crippen LogP contribution is 2.50. The molecule has 9 aromatic rings. The first kappa shape index (κ1) is 101. The van der Waals surface area contributed by atoms with Gasteiger partial charge in [-0.25, -0.2) is 0 Å². The van der Waals surface area contributed by atoms with E-state index in [2.05, 4.69) is 53.6 Å². The van der Waals surface area contributed by atoms with Crippen LogP contribution in [-0.4, -0.2) is 134 Å². The summed E-state index contributed by atoms with van der Waals surface area (Å²) in [5.74, 6) is 2.09.